The van der Waals surface area contributed by atoms with E-state index in [0.29, 0.717) is 22.8 Å². The highest BCUT2D eigenvalue weighted by Gasteiger charge is 2.21. The van der Waals surface area contributed by atoms with Crippen LogP contribution in [0.4, 0.5) is 0 Å². The number of aromatic amines is 1. The highest BCUT2D eigenvalue weighted by atomic mass is 79.9. The predicted octanol–water partition coefficient (Wildman–Crippen LogP) is 2.46. The normalized spacial score (nSPS) is 22.1. The lowest BCUT2D eigenvalue weighted by Crippen LogP contribution is -2.51. The van der Waals surface area contributed by atoms with Crippen molar-refractivity contribution in [2.24, 2.45) is 5.92 Å². The summed E-state index contributed by atoms with van der Waals surface area (Å²) in [7, 11) is 0. The van der Waals surface area contributed by atoms with E-state index in [4.69, 9.17) is 12.2 Å². The number of hydrogen-bond acceptors (Lipinski definition) is 2. The third-order valence-electron chi connectivity index (χ3n) is 3.61. The Balaban J connectivity index is 1.76. The number of nitrogens with one attached hydrogen (secondary N) is 4. The van der Waals surface area contributed by atoms with E-state index in [1.54, 1.807) is 12.3 Å². The fraction of sp³-hybridized carbons (Fsp3) is 0.538. The molecule has 4 N–H and O–H groups in total. The monoisotopic (exact) mass is 358 g/mol. The van der Waals surface area contributed by atoms with Gasteiger partial charge in [-0.2, -0.15) is 0 Å². The highest BCUT2D eigenvalue weighted by Crippen LogP contribution is 2.23. The smallest absolute Gasteiger partial charge is 0.286 e. The summed E-state index contributed by atoms with van der Waals surface area (Å²) in [6.07, 6.45) is 6.57. The van der Waals surface area contributed by atoms with E-state index in [1.807, 2.05) is 0 Å². The molecule has 0 spiro atoms. The van der Waals surface area contributed by atoms with Crippen LogP contribution < -0.4 is 16.2 Å². The van der Waals surface area contributed by atoms with Crippen LogP contribution in [-0.2, 0) is 0 Å². The Kier molecular flexibility index (Phi) is 5.42. The van der Waals surface area contributed by atoms with Gasteiger partial charge in [0.1, 0.15) is 5.69 Å². The topological polar surface area (TPSA) is 68.9 Å². The molecule has 0 aromatic carbocycles. The number of H-pyrrole nitrogens is 1. The first-order valence-electron chi connectivity index (χ1n) is 6.77. The number of hydrogen-bond donors (Lipinski definition) is 4. The zero-order chi connectivity index (χ0) is 14.5. The second-order valence-corrected chi connectivity index (χ2v) is 6.48. The number of aromatic nitrogens is 1. The molecular formula is C13H19BrN4OS. The molecule has 1 saturated carbocycles. The molecule has 1 aromatic rings. The molecule has 0 unspecified atom stereocenters. The fourth-order valence-corrected chi connectivity index (χ4v) is 2.96. The summed E-state index contributed by atoms with van der Waals surface area (Å²) in [6, 6.07) is 2.09. The van der Waals surface area contributed by atoms with Gasteiger partial charge in [0.05, 0.1) is 0 Å². The van der Waals surface area contributed by atoms with Gasteiger partial charge in [-0.15, -0.1) is 0 Å². The minimum absolute atomic E-state index is 0.253. The molecular weight excluding hydrogens is 340 g/mol. The average molecular weight is 359 g/mol. The molecule has 2 atom stereocenters. The standard InChI is InChI=1S/C13H19BrN4OS/c1-8-4-2-3-5-10(8)16-13(20)18-17-12(19)11-6-9(14)7-15-11/h6-8,10,15H,2-5H2,1H3,(H,17,19)(H2,16,18,20)/t8-,10-/m0/s1. The maximum atomic E-state index is 11.8. The number of halogens is 1. The van der Waals surface area contributed by atoms with Crippen LogP contribution in [0.1, 0.15) is 43.1 Å². The van der Waals surface area contributed by atoms with Gasteiger partial charge < -0.3 is 10.3 Å². The van der Waals surface area contributed by atoms with Crippen molar-refractivity contribution in [3.8, 4) is 0 Å². The van der Waals surface area contributed by atoms with Crippen molar-refractivity contribution < 1.29 is 4.79 Å². The molecule has 7 heteroatoms. The molecule has 110 valence electrons. The van der Waals surface area contributed by atoms with Crippen LogP contribution in [0.15, 0.2) is 16.7 Å². The third kappa shape index (κ3) is 4.21. The van der Waals surface area contributed by atoms with Crippen molar-refractivity contribution in [3.05, 3.63) is 22.4 Å². The zero-order valence-electron chi connectivity index (χ0n) is 11.3. The molecule has 0 bridgehead atoms. The second-order valence-electron chi connectivity index (χ2n) is 5.15. The molecule has 1 heterocycles. The van der Waals surface area contributed by atoms with Crippen LogP contribution >= 0.6 is 28.1 Å². The predicted molar refractivity (Wildman–Crippen MR) is 86.2 cm³/mol. The third-order valence-corrected chi connectivity index (χ3v) is 4.29. The molecule has 1 aromatic heterocycles. The Bertz CT molecular complexity index is 490. The molecule has 0 radical (unpaired) electrons. The molecule has 5 nitrogen and oxygen atoms in total. The molecule has 0 saturated heterocycles. The van der Waals surface area contributed by atoms with E-state index in [0.717, 1.165) is 10.9 Å². The maximum Gasteiger partial charge on any atom is 0.286 e. The van der Waals surface area contributed by atoms with Crippen LogP contribution in [-0.4, -0.2) is 22.0 Å². The van der Waals surface area contributed by atoms with E-state index in [-0.39, 0.29) is 5.91 Å². The summed E-state index contributed by atoms with van der Waals surface area (Å²) in [5, 5.41) is 3.73. The van der Waals surface area contributed by atoms with E-state index in [9.17, 15) is 4.79 Å². The Morgan fingerprint density at radius 1 is 1.40 bits per heavy atom. The highest BCUT2D eigenvalue weighted by molar-refractivity contribution is 9.10. The van der Waals surface area contributed by atoms with Gasteiger partial charge in [0, 0.05) is 16.7 Å². The number of carbonyl (C=O) groups excluding carboxylic acids is 1. The summed E-state index contributed by atoms with van der Waals surface area (Å²) in [5.74, 6) is 0.357. The van der Waals surface area contributed by atoms with Crippen molar-refractivity contribution in [1.29, 1.82) is 0 Å². The number of amides is 1. The largest absolute Gasteiger partial charge is 0.358 e. The minimum atomic E-state index is -0.253. The maximum absolute atomic E-state index is 11.8. The van der Waals surface area contributed by atoms with Crippen LogP contribution in [0.5, 0.6) is 0 Å². The lowest BCUT2D eigenvalue weighted by molar-refractivity contribution is 0.0939. The summed E-state index contributed by atoms with van der Waals surface area (Å²) in [5.41, 5.74) is 5.79. The Morgan fingerprint density at radius 2 is 2.15 bits per heavy atom. The first kappa shape index (κ1) is 15.3. The van der Waals surface area contributed by atoms with Gasteiger partial charge in [-0.25, -0.2) is 0 Å². The molecule has 1 aliphatic carbocycles. The molecule has 0 aliphatic heterocycles. The quantitative estimate of drug-likeness (QED) is 0.484. The Hall–Kier alpha value is -1.08. The van der Waals surface area contributed by atoms with Crippen molar-refractivity contribution in [1.82, 2.24) is 21.2 Å². The fourth-order valence-electron chi connectivity index (χ4n) is 2.42. The van der Waals surface area contributed by atoms with E-state index in [1.165, 1.54) is 19.3 Å². The summed E-state index contributed by atoms with van der Waals surface area (Å²) < 4.78 is 0.833. The molecule has 20 heavy (non-hydrogen) atoms. The first-order valence-corrected chi connectivity index (χ1v) is 7.97. The summed E-state index contributed by atoms with van der Waals surface area (Å²) in [6.45, 7) is 2.23. The molecule has 1 fully saturated rings. The van der Waals surface area contributed by atoms with E-state index >= 15 is 0 Å². The lowest BCUT2D eigenvalue weighted by Gasteiger charge is -2.30. The van der Waals surface area contributed by atoms with Crippen LogP contribution in [0.3, 0.4) is 0 Å². The lowest BCUT2D eigenvalue weighted by atomic mass is 9.86. The molecule has 1 amide bonds. The van der Waals surface area contributed by atoms with Crippen molar-refractivity contribution in [2.45, 2.75) is 38.6 Å². The van der Waals surface area contributed by atoms with E-state index < -0.39 is 0 Å². The van der Waals surface area contributed by atoms with Crippen LogP contribution in [0.25, 0.3) is 0 Å². The average Bonchev–Trinajstić information content (AvgIpc) is 2.85. The summed E-state index contributed by atoms with van der Waals surface area (Å²) >= 11 is 8.49. The van der Waals surface area contributed by atoms with Crippen molar-refractivity contribution in [2.75, 3.05) is 0 Å². The van der Waals surface area contributed by atoms with Gasteiger partial charge in [-0.3, -0.25) is 15.6 Å². The summed E-state index contributed by atoms with van der Waals surface area (Å²) in [4.78, 5) is 14.7. The zero-order valence-corrected chi connectivity index (χ0v) is 13.7. The minimum Gasteiger partial charge on any atom is -0.358 e. The van der Waals surface area contributed by atoms with Crippen LogP contribution in [0, 0.1) is 5.92 Å². The Labute approximate surface area is 132 Å². The van der Waals surface area contributed by atoms with E-state index in [2.05, 4.69) is 44.0 Å². The number of thiocarbonyl (C=S) groups is 1. The number of carbonyl (C=O) groups is 1. The number of hydrazine groups is 1. The SMILES string of the molecule is C[C@H]1CCCC[C@@H]1NC(=S)NNC(=O)c1cc(Br)c[nH]1. The van der Waals surface area contributed by atoms with Gasteiger partial charge in [-0.05, 0) is 53.0 Å². The van der Waals surface area contributed by atoms with Gasteiger partial charge >= 0.3 is 0 Å². The first-order chi connectivity index (χ1) is 9.56. The van der Waals surface area contributed by atoms with Gasteiger partial charge in [-0.1, -0.05) is 19.8 Å². The van der Waals surface area contributed by atoms with Crippen molar-refractivity contribution in [3.63, 3.8) is 0 Å². The van der Waals surface area contributed by atoms with Crippen LogP contribution in [0.2, 0.25) is 0 Å². The van der Waals surface area contributed by atoms with Gasteiger partial charge in [0.25, 0.3) is 5.91 Å². The van der Waals surface area contributed by atoms with Gasteiger partial charge in [0.2, 0.25) is 0 Å². The van der Waals surface area contributed by atoms with Gasteiger partial charge in [0.15, 0.2) is 5.11 Å². The molecule has 2 rings (SSSR count). The second kappa shape index (κ2) is 7.08. The molecule has 1 aliphatic rings. The van der Waals surface area contributed by atoms with Crippen molar-refractivity contribution >= 4 is 39.2 Å². The number of rotatable bonds is 2. The Morgan fingerprint density at radius 3 is 2.80 bits per heavy atom.